The number of hydrogen-bond acceptors (Lipinski definition) is 4. The number of rotatable bonds is 7. The van der Waals surface area contributed by atoms with Crippen molar-refractivity contribution in [3.8, 4) is 11.4 Å². The van der Waals surface area contributed by atoms with Crippen LogP contribution in [-0.4, -0.2) is 59.4 Å². The van der Waals surface area contributed by atoms with Crippen LogP contribution in [0.15, 0.2) is 36.7 Å². The van der Waals surface area contributed by atoms with E-state index in [-0.39, 0.29) is 5.91 Å². The molecule has 2 aliphatic rings. The van der Waals surface area contributed by atoms with Crippen LogP contribution in [0.2, 0.25) is 0 Å². The van der Waals surface area contributed by atoms with Gasteiger partial charge in [-0.25, -0.2) is 0 Å². The number of benzene rings is 1. The molecule has 28 heavy (non-hydrogen) atoms. The summed E-state index contributed by atoms with van der Waals surface area (Å²) in [5.41, 5.74) is 1.59. The number of hydrogen-bond donors (Lipinski definition) is 0. The van der Waals surface area contributed by atoms with Crippen LogP contribution >= 0.6 is 0 Å². The van der Waals surface area contributed by atoms with Crippen LogP contribution in [0, 0.1) is 42.8 Å². The molecule has 1 amide bonds. The number of ether oxygens (including phenoxy) is 1. The molecule has 0 saturated carbocycles. The molecule has 0 spiro atoms. The van der Waals surface area contributed by atoms with Gasteiger partial charge < -0.3 is 4.90 Å². The van der Waals surface area contributed by atoms with Crippen LogP contribution < -0.4 is 4.74 Å². The fourth-order valence-corrected chi connectivity index (χ4v) is 7.96. The van der Waals surface area contributed by atoms with Crippen molar-refractivity contribution < 1.29 is 52.3 Å². The van der Waals surface area contributed by atoms with E-state index in [2.05, 4.69) is 10.00 Å². The molecular formula is C21H28N4O2Ra. The fourth-order valence-electron chi connectivity index (χ4n) is 4.15. The SMILES string of the molecule is O=C(c1cnn(-c2ccc(OCCCN3CCC[CH]3[RaH])cc2)c1)N1CCCC1. The van der Waals surface area contributed by atoms with Crippen molar-refractivity contribution in [1.29, 1.82) is 0 Å². The second-order valence-electron chi connectivity index (χ2n) is 7.90. The van der Waals surface area contributed by atoms with Crippen molar-refractivity contribution in [2.24, 2.45) is 0 Å². The Hall–Kier alpha value is -0.872. The van der Waals surface area contributed by atoms with Crippen molar-refractivity contribution in [3.63, 3.8) is 0 Å². The van der Waals surface area contributed by atoms with E-state index in [9.17, 15) is 4.79 Å². The zero-order chi connectivity index (χ0) is 19.3. The molecule has 2 aromatic rings. The average molecular weight is 594 g/mol. The quantitative estimate of drug-likeness (QED) is 0.463. The van der Waals surface area contributed by atoms with Gasteiger partial charge in [-0.3, -0.25) is 4.79 Å². The number of likely N-dealkylation sites (tertiary alicyclic amines) is 2. The van der Waals surface area contributed by atoms with Gasteiger partial charge in [0.05, 0.1) is 11.8 Å². The number of carbonyl (C=O) groups excluding carboxylic acids is 1. The number of aromatic nitrogens is 2. The summed E-state index contributed by atoms with van der Waals surface area (Å²) >= 11 is 0.593. The molecule has 6 nitrogen and oxygen atoms in total. The summed E-state index contributed by atoms with van der Waals surface area (Å²) in [5, 5.41) is 4.36. The smallest absolute Gasteiger partial charge is 0.339 e. The molecule has 4 rings (SSSR count). The van der Waals surface area contributed by atoms with Crippen molar-refractivity contribution in [3.05, 3.63) is 42.2 Å². The maximum absolute atomic E-state index is 12.5. The fraction of sp³-hybridized carbons (Fsp3) is 0.524. The number of carbonyl (C=O) groups is 1. The van der Waals surface area contributed by atoms with Gasteiger partial charge in [-0.2, -0.15) is 0 Å². The molecule has 0 bridgehead atoms. The first-order valence-corrected chi connectivity index (χ1v) is 15.3. The zero-order valence-corrected chi connectivity index (χ0v) is 24.9. The molecule has 146 valence electrons. The van der Waals surface area contributed by atoms with Crippen molar-refractivity contribution in [2.75, 3.05) is 32.8 Å². The number of nitrogens with zero attached hydrogens (tertiary/aromatic N) is 4. The van der Waals surface area contributed by atoms with E-state index in [4.69, 9.17) is 4.74 Å². The van der Waals surface area contributed by atoms with Gasteiger partial charge in [-0.15, -0.1) is 0 Å². The maximum atomic E-state index is 12.5. The summed E-state index contributed by atoms with van der Waals surface area (Å²) in [7, 11) is 0. The topological polar surface area (TPSA) is 50.6 Å². The Labute approximate surface area is 196 Å². The summed E-state index contributed by atoms with van der Waals surface area (Å²) in [4.78, 5) is 17.0. The van der Waals surface area contributed by atoms with Crippen molar-refractivity contribution >= 4 is 5.91 Å². The molecule has 7 heteroatoms. The van der Waals surface area contributed by atoms with Gasteiger partial charge in [0.2, 0.25) is 0 Å². The molecule has 1 aromatic carbocycles. The monoisotopic (exact) mass is 594 g/mol. The molecular weight excluding hydrogens is 566 g/mol. The molecule has 2 saturated heterocycles. The van der Waals surface area contributed by atoms with Crippen LogP contribution in [0.1, 0.15) is 42.5 Å². The molecule has 1 unspecified atom stereocenters. The van der Waals surface area contributed by atoms with E-state index in [1.165, 1.54) is 25.9 Å². The molecule has 2 fully saturated rings. The Morgan fingerprint density at radius 2 is 1.93 bits per heavy atom. The van der Waals surface area contributed by atoms with Gasteiger partial charge in [0.1, 0.15) is 0 Å². The second kappa shape index (κ2) is 9.75. The Balaban J connectivity index is 1.28. The predicted molar refractivity (Wildman–Crippen MR) is 105 cm³/mol. The summed E-state index contributed by atoms with van der Waals surface area (Å²) in [6.45, 7) is 4.93. The first-order valence-electron chi connectivity index (χ1n) is 10.5. The Morgan fingerprint density at radius 3 is 2.64 bits per heavy atom. The van der Waals surface area contributed by atoms with Crippen LogP contribution in [0.3, 0.4) is 0 Å². The Bertz CT molecular complexity index is 786. The molecule has 1 aromatic heterocycles. The molecule has 0 N–H and O–H groups in total. The van der Waals surface area contributed by atoms with E-state index in [0.29, 0.717) is 48.4 Å². The normalized spacial score (nSPS) is 20.0. The summed E-state index contributed by atoms with van der Waals surface area (Å²) < 4.78 is 8.61. The first kappa shape index (κ1) is 20.4. The van der Waals surface area contributed by atoms with Crippen LogP contribution in [0.4, 0.5) is 0 Å². The molecule has 3 heterocycles. The van der Waals surface area contributed by atoms with E-state index in [1.54, 1.807) is 10.9 Å². The van der Waals surface area contributed by atoms with Gasteiger partial charge >= 0.3 is 144 Å². The standard InChI is InChI=1S/C21H27N4O2.Ra.H/c26-21(24-13-3-4-14-24)18-16-22-25(17-18)19-6-8-20(9-7-19)27-15-5-12-23-10-1-2-11-23;;/h6-10,16-17H,1-5,11-15H2;;. The van der Waals surface area contributed by atoms with E-state index < -0.39 is 0 Å². The summed E-state index contributed by atoms with van der Waals surface area (Å²) in [6.07, 6.45) is 9.56. The van der Waals surface area contributed by atoms with E-state index in [1.807, 2.05) is 35.4 Å². The minimum absolute atomic E-state index is 0.0837. The minimum atomic E-state index is 0.0837. The third-order valence-corrected chi connectivity index (χ3v) is 11.2. The zero-order valence-electron chi connectivity index (χ0n) is 16.7. The summed E-state index contributed by atoms with van der Waals surface area (Å²) in [6, 6.07) is 7.94. The van der Waals surface area contributed by atoms with Gasteiger partial charge in [0.15, 0.2) is 0 Å². The van der Waals surface area contributed by atoms with E-state index >= 15 is 0 Å². The van der Waals surface area contributed by atoms with Crippen LogP contribution in [0.5, 0.6) is 5.75 Å². The Kier molecular flexibility index (Phi) is 7.11. The minimum Gasteiger partial charge on any atom is -0.339 e. The average Bonchev–Trinajstić information content (AvgIpc) is 3.47. The number of amides is 1. The van der Waals surface area contributed by atoms with Gasteiger partial charge in [0.25, 0.3) is 5.91 Å². The Morgan fingerprint density at radius 1 is 1.14 bits per heavy atom. The second-order valence-corrected chi connectivity index (χ2v) is 13.4. The van der Waals surface area contributed by atoms with Crippen molar-refractivity contribution in [1.82, 2.24) is 19.6 Å². The third kappa shape index (κ3) is 4.99. The third-order valence-electron chi connectivity index (χ3n) is 5.87. The predicted octanol–water partition coefficient (Wildman–Crippen LogP) is 2.58. The van der Waals surface area contributed by atoms with E-state index in [0.717, 1.165) is 51.5 Å². The van der Waals surface area contributed by atoms with Gasteiger partial charge in [-0.1, -0.05) is 0 Å². The van der Waals surface area contributed by atoms with Crippen molar-refractivity contribution in [2.45, 2.75) is 33.2 Å². The van der Waals surface area contributed by atoms with Gasteiger partial charge in [-0.05, 0) is 12.8 Å². The van der Waals surface area contributed by atoms with Gasteiger partial charge in [0, 0.05) is 13.1 Å². The molecule has 2 aliphatic heterocycles. The first-order chi connectivity index (χ1) is 13.7. The molecule has 0 radical (unpaired) electrons. The summed E-state index contributed by atoms with van der Waals surface area (Å²) in [5.74, 6) is 0.972. The van der Waals surface area contributed by atoms with Crippen LogP contribution in [0.25, 0.3) is 5.69 Å². The van der Waals surface area contributed by atoms with Crippen LogP contribution in [-0.2, 0) is 0 Å². The molecule has 1 atom stereocenters. The molecule has 0 aliphatic carbocycles.